The van der Waals surface area contributed by atoms with Gasteiger partial charge in [0.2, 0.25) is 0 Å². The van der Waals surface area contributed by atoms with Crippen molar-refractivity contribution in [3.05, 3.63) is 44.4 Å². The van der Waals surface area contributed by atoms with Gasteiger partial charge in [0.1, 0.15) is 11.1 Å². The number of aliphatic hydroxyl groups is 1. The van der Waals surface area contributed by atoms with E-state index in [4.69, 9.17) is 16.9 Å². The highest BCUT2D eigenvalue weighted by atomic mass is 79.9. The Labute approximate surface area is 147 Å². The van der Waals surface area contributed by atoms with Crippen molar-refractivity contribution in [3.63, 3.8) is 0 Å². The molecule has 0 amide bonds. The number of rotatable bonds is 4. The molecule has 1 aromatic heterocycles. The number of nitrogens with zero attached hydrogens (tertiary/aromatic N) is 3. The predicted molar refractivity (Wildman–Crippen MR) is 84.5 cm³/mol. The number of halogens is 5. The molecular weight excluding hydrogens is 415 g/mol. The van der Waals surface area contributed by atoms with E-state index in [1.807, 2.05) is 0 Å². The van der Waals surface area contributed by atoms with E-state index in [-0.39, 0.29) is 16.8 Å². The molecule has 1 heterocycles. The average molecular weight is 425 g/mol. The highest BCUT2D eigenvalue weighted by Crippen LogP contribution is 2.30. The molecule has 0 saturated heterocycles. The fourth-order valence-corrected chi connectivity index (χ4v) is 2.95. The fraction of sp³-hybridized carbons (Fsp3) is 0.286. The minimum Gasteiger partial charge on any atom is -0.382 e. The highest BCUT2D eigenvalue weighted by Gasteiger charge is 2.39. The van der Waals surface area contributed by atoms with Crippen LogP contribution in [0, 0.1) is 11.3 Å². The quantitative estimate of drug-likeness (QED) is 0.819. The van der Waals surface area contributed by atoms with Crippen LogP contribution in [0.1, 0.15) is 0 Å². The number of benzene rings is 1. The lowest BCUT2D eigenvalue weighted by Crippen LogP contribution is -2.37. The summed E-state index contributed by atoms with van der Waals surface area (Å²) in [6.07, 6.45) is -7.59. The van der Waals surface area contributed by atoms with Crippen LogP contribution >= 0.6 is 27.5 Å². The Morgan fingerprint density at radius 1 is 1.29 bits per heavy atom. The summed E-state index contributed by atoms with van der Waals surface area (Å²) in [6.45, 7) is -1.34. The van der Waals surface area contributed by atoms with Crippen LogP contribution in [-0.4, -0.2) is 26.5 Å². The van der Waals surface area contributed by atoms with Gasteiger partial charge in [-0.15, -0.1) is 0 Å². The second kappa shape index (κ2) is 7.01. The summed E-state index contributed by atoms with van der Waals surface area (Å²) in [5.41, 5.74) is -0.304. The van der Waals surface area contributed by atoms with E-state index in [1.54, 1.807) is 6.07 Å². The first kappa shape index (κ1) is 18.6. The van der Waals surface area contributed by atoms with Crippen LogP contribution in [0.2, 0.25) is 5.02 Å². The topological polar surface area (TPSA) is 70.9 Å². The lowest BCUT2D eigenvalue weighted by Gasteiger charge is -2.16. The number of aliphatic hydroxyl groups excluding tert-OH is 1. The summed E-state index contributed by atoms with van der Waals surface area (Å²) < 4.78 is 39.9. The molecule has 5 nitrogen and oxygen atoms in total. The van der Waals surface area contributed by atoms with E-state index in [9.17, 15) is 23.1 Å². The predicted octanol–water partition coefficient (Wildman–Crippen LogP) is 3.18. The maximum Gasteiger partial charge on any atom is 0.416 e. The monoisotopic (exact) mass is 423 g/mol. The van der Waals surface area contributed by atoms with E-state index in [0.29, 0.717) is 10.6 Å². The van der Waals surface area contributed by atoms with Crippen LogP contribution in [0.15, 0.2) is 33.7 Å². The van der Waals surface area contributed by atoms with Crippen molar-refractivity contribution < 1.29 is 18.3 Å². The Kier molecular flexibility index (Phi) is 5.42. The van der Waals surface area contributed by atoms with Gasteiger partial charge in [-0.2, -0.15) is 18.4 Å². The maximum absolute atomic E-state index is 12.7. The van der Waals surface area contributed by atoms with Crippen LogP contribution < -0.4 is 5.69 Å². The molecular formula is C14H10BrClF3N3O2. The SMILES string of the molecule is N#CCn1c(Br)c(-c2ccc(Cl)cc2)n(CC(O)C(F)(F)F)c1=O. The molecule has 0 aliphatic rings. The Balaban J connectivity index is 2.63. The molecule has 1 N–H and O–H groups in total. The minimum absolute atomic E-state index is 0.121. The van der Waals surface area contributed by atoms with Gasteiger partial charge in [0, 0.05) is 10.6 Å². The second-order valence-electron chi connectivity index (χ2n) is 4.84. The Morgan fingerprint density at radius 3 is 2.38 bits per heavy atom. The molecule has 0 fully saturated rings. The van der Waals surface area contributed by atoms with Gasteiger partial charge in [-0.3, -0.25) is 9.13 Å². The summed E-state index contributed by atoms with van der Waals surface area (Å²) in [5, 5.41) is 18.5. The van der Waals surface area contributed by atoms with Gasteiger partial charge in [-0.25, -0.2) is 4.79 Å². The highest BCUT2D eigenvalue weighted by molar-refractivity contribution is 9.10. The van der Waals surface area contributed by atoms with Crippen LogP contribution in [0.25, 0.3) is 11.3 Å². The first-order chi connectivity index (χ1) is 11.2. The van der Waals surface area contributed by atoms with Gasteiger partial charge in [-0.05, 0) is 28.1 Å². The van der Waals surface area contributed by atoms with Crippen molar-refractivity contribution in [1.29, 1.82) is 5.26 Å². The Bertz CT molecular complexity index is 837. The standard InChI is InChI=1S/C14H10BrClF3N3O2/c15-12-11(8-1-3-9(16)4-2-8)22(7-10(23)14(17,18)19)13(24)21(12)6-5-20/h1-4,10,23H,6-7H2. The molecule has 1 atom stereocenters. The second-order valence-corrected chi connectivity index (χ2v) is 6.03. The number of alkyl halides is 3. The van der Waals surface area contributed by atoms with E-state index in [2.05, 4.69) is 15.9 Å². The molecule has 0 radical (unpaired) electrons. The van der Waals surface area contributed by atoms with Crippen molar-refractivity contribution in [2.24, 2.45) is 0 Å². The Hall–Kier alpha value is -1.76. The zero-order chi connectivity index (χ0) is 18.1. The number of hydrogen-bond donors (Lipinski definition) is 1. The third-order valence-corrected chi connectivity index (χ3v) is 4.30. The Morgan fingerprint density at radius 2 is 1.88 bits per heavy atom. The first-order valence-electron chi connectivity index (χ1n) is 6.53. The zero-order valence-electron chi connectivity index (χ0n) is 11.9. The van der Waals surface area contributed by atoms with Gasteiger partial charge in [0.25, 0.3) is 0 Å². The van der Waals surface area contributed by atoms with Crippen LogP contribution in [0.4, 0.5) is 13.2 Å². The molecule has 1 aromatic carbocycles. The molecule has 2 aromatic rings. The fourth-order valence-electron chi connectivity index (χ4n) is 2.10. The van der Waals surface area contributed by atoms with Gasteiger partial charge < -0.3 is 5.11 Å². The average Bonchev–Trinajstić information content (AvgIpc) is 2.72. The molecule has 128 valence electrons. The van der Waals surface area contributed by atoms with Crippen molar-refractivity contribution >= 4 is 27.5 Å². The number of nitriles is 1. The van der Waals surface area contributed by atoms with Gasteiger partial charge in [0.05, 0.1) is 18.3 Å². The largest absolute Gasteiger partial charge is 0.416 e. The van der Waals surface area contributed by atoms with E-state index < -0.39 is 24.5 Å². The van der Waals surface area contributed by atoms with Gasteiger partial charge in [0.15, 0.2) is 6.10 Å². The lowest BCUT2D eigenvalue weighted by atomic mass is 10.1. The van der Waals surface area contributed by atoms with E-state index in [0.717, 1.165) is 9.13 Å². The zero-order valence-corrected chi connectivity index (χ0v) is 14.2. The van der Waals surface area contributed by atoms with Gasteiger partial charge >= 0.3 is 11.9 Å². The van der Waals surface area contributed by atoms with E-state index >= 15 is 0 Å². The summed E-state index contributed by atoms with van der Waals surface area (Å²) in [6, 6.07) is 7.84. The van der Waals surface area contributed by atoms with Crippen LogP contribution in [-0.2, 0) is 13.1 Å². The van der Waals surface area contributed by atoms with Crippen molar-refractivity contribution in [2.75, 3.05) is 0 Å². The molecule has 10 heteroatoms. The lowest BCUT2D eigenvalue weighted by molar-refractivity contribution is -0.207. The number of imidazole rings is 1. The summed E-state index contributed by atoms with van der Waals surface area (Å²) in [5.74, 6) is 0. The normalized spacial score (nSPS) is 12.9. The van der Waals surface area contributed by atoms with Crippen LogP contribution in [0.5, 0.6) is 0 Å². The van der Waals surface area contributed by atoms with E-state index in [1.165, 1.54) is 24.3 Å². The minimum atomic E-state index is -4.87. The molecule has 1 unspecified atom stereocenters. The third-order valence-electron chi connectivity index (χ3n) is 3.24. The summed E-state index contributed by atoms with van der Waals surface area (Å²) >= 11 is 8.94. The van der Waals surface area contributed by atoms with Crippen LogP contribution in [0.3, 0.4) is 0 Å². The first-order valence-corrected chi connectivity index (χ1v) is 7.70. The van der Waals surface area contributed by atoms with Crippen molar-refractivity contribution in [1.82, 2.24) is 9.13 Å². The maximum atomic E-state index is 12.7. The molecule has 24 heavy (non-hydrogen) atoms. The summed E-state index contributed by atoms with van der Waals surface area (Å²) in [4.78, 5) is 12.3. The molecule has 0 aliphatic heterocycles. The molecule has 0 spiro atoms. The molecule has 0 aliphatic carbocycles. The van der Waals surface area contributed by atoms with Gasteiger partial charge in [-0.1, -0.05) is 23.7 Å². The molecule has 0 bridgehead atoms. The third kappa shape index (κ3) is 3.66. The summed E-state index contributed by atoms with van der Waals surface area (Å²) in [7, 11) is 0. The number of hydrogen-bond acceptors (Lipinski definition) is 3. The molecule has 2 rings (SSSR count). The number of aromatic nitrogens is 2. The van der Waals surface area contributed by atoms with Crippen molar-refractivity contribution in [3.8, 4) is 17.3 Å². The van der Waals surface area contributed by atoms with Crippen molar-refractivity contribution in [2.45, 2.75) is 25.4 Å². The smallest absolute Gasteiger partial charge is 0.382 e. The molecule has 0 saturated carbocycles.